The first-order valence-corrected chi connectivity index (χ1v) is 7.30. The van der Waals surface area contributed by atoms with Crippen LogP contribution in [-0.4, -0.2) is 26.8 Å². The summed E-state index contributed by atoms with van der Waals surface area (Å²) in [6.07, 6.45) is 3.57. The molecule has 0 spiro atoms. The van der Waals surface area contributed by atoms with E-state index in [0.717, 1.165) is 31.8 Å². The molecule has 0 unspecified atom stereocenters. The minimum Gasteiger partial charge on any atom is -0.310 e. The van der Waals surface area contributed by atoms with Gasteiger partial charge in [-0.25, -0.2) is 4.68 Å². The molecule has 0 radical (unpaired) electrons. The summed E-state index contributed by atoms with van der Waals surface area (Å²) >= 11 is 0. The summed E-state index contributed by atoms with van der Waals surface area (Å²) in [7, 11) is 0. The van der Waals surface area contributed by atoms with Crippen molar-refractivity contribution in [2.24, 2.45) is 10.8 Å². The van der Waals surface area contributed by atoms with E-state index in [1.165, 1.54) is 6.42 Å². The van der Waals surface area contributed by atoms with Crippen LogP contribution >= 0.6 is 0 Å². The molecule has 1 saturated carbocycles. The summed E-state index contributed by atoms with van der Waals surface area (Å²) in [6, 6.07) is 0.419. The molecule has 1 aliphatic rings. The Morgan fingerprint density at radius 1 is 1.21 bits per heavy atom. The van der Waals surface area contributed by atoms with E-state index in [1.807, 2.05) is 4.68 Å². The van der Waals surface area contributed by atoms with Crippen LogP contribution in [0.5, 0.6) is 0 Å². The van der Waals surface area contributed by atoms with Crippen LogP contribution < -0.4 is 5.32 Å². The maximum atomic E-state index is 4.24. The van der Waals surface area contributed by atoms with Crippen molar-refractivity contribution in [3.05, 3.63) is 5.82 Å². The number of rotatable bonds is 4. The molecule has 1 N–H and O–H groups in total. The Labute approximate surface area is 116 Å². The molecule has 2 rings (SSSR count). The Kier molecular flexibility index (Phi) is 3.95. The maximum Gasteiger partial charge on any atom is 0.165 e. The van der Waals surface area contributed by atoms with E-state index in [2.05, 4.69) is 55.5 Å². The van der Waals surface area contributed by atoms with Crippen molar-refractivity contribution in [2.45, 2.75) is 66.5 Å². The second-order valence-electron chi connectivity index (χ2n) is 7.39. The number of nitrogens with one attached hydrogen (secondary N) is 1. The first kappa shape index (κ1) is 14.4. The number of nitrogens with zero attached hydrogens (tertiary/aromatic N) is 4. The van der Waals surface area contributed by atoms with Crippen LogP contribution in [-0.2, 0) is 6.54 Å². The minimum absolute atomic E-state index is 0.355. The van der Waals surface area contributed by atoms with Gasteiger partial charge in [0.15, 0.2) is 5.82 Å². The molecule has 0 aliphatic heterocycles. The molecule has 0 amide bonds. The number of tetrazole rings is 1. The highest BCUT2D eigenvalue weighted by molar-refractivity contribution is 4.94. The topological polar surface area (TPSA) is 55.6 Å². The molecule has 1 aliphatic carbocycles. The van der Waals surface area contributed by atoms with Crippen molar-refractivity contribution in [2.75, 3.05) is 6.54 Å². The average Bonchev–Trinajstić information content (AvgIpc) is 2.69. The summed E-state index contributed by atoms with van der Waals surface area (Å²) < 4.78 is 2.05. The van der Waals surface area contributed by atoms with Crippen molar-refractivity contribution >= 4 is 0 Å². The number of aromatic nitrogens is 4. The molecule has 1 aromatic heterocycles. The van der Waals surface area contributed by atoms with E-state index in [9.17, 15) is 0 Å². The van der Waals surface area contributed by atoms with Gasteiger partial charge in [0.2, 0.25) is 0 Å². The molecule has 5 heteroatoms. The van der Waals surface area contributed by atoms with Crippen molar-refractivity contribution in [3.63, 3.8) is 0 Å². The third-order valence-electron chi connectivity index (χ3n) is 3.97. The molecular weight excluding hydrogens is 238 g/mol. The van der Waals surface area contributed by atoms with Crippen LogP contribution in [0.15, 0.2) is 0 Å². The van der Waals surface area contributed by atoms with Crippen LogP contribution in [0.3, 0.4) is 0 Å². The van der Waals surface area contributed by atoms with Gasteiger partial charge in [0, 0.05) is 0 Å². The Morgan fingerprint density at radius 2 is 1.84 bits per heavy atom. The van der Waals surface area contributed by atoms with E-state index in [-0.39, 0.29) is 0 Å². The van der Waals surface area contributed by atoms with Crippen LogP contribution in [0.25, 0.3) is 0 Å². The predicted molar refractivity (Wildman–Crippen MR) is 75.6 cm³/mol. The fourth-order valence-corrected chi connectivity index (χ4v) is 3.81. The van der Waals surface area contributed by atoms with Gasteiger partial charge < -0.3 is 5.32 Å². The van der Waals surface area contributed by atoms with Gasteiger partial charge in [0.05, 0.1) is 12.6 Å². The van der Waals surface area contributed by atoms with Crippen LogP contribution in [0.1, 0.15) is 65.7 Å². The lowest BCUT2D eigenvalue weighted by Gasteiger charge is -2.44. The molecule has 1 aromatic rings. The Morgan fingerprint density at radius 3 is 2.42 bits per heavy atom. The number of hydrogen-bond donors (Lipinski definition) is 1. The van der Waals surface area contributed by atoms with Gasteiger partial charge in [-0.3, -0.25) is 0 Å². The lowest BCUT2D eigenvalue weighted by molar-refractivity contribution is 0.0651. The fraction of sp³-hybridized carbons (Fsp3) is 0.929. The van der Waals surface area contributed by atoms with Gasteiger partial charge in [-0.2, -0.15) is 0 Å². The monoisotopic (exact) mass is 265 g/mol. The van der Waals surface area contributed by atoms with Crippen molar-refractivity contribution in [1.29, 1.82) is 0 Å². The lowest BCUT2D eigenvalue weighted by Crippen LogP contribution is -2.36. The van der Waals surface area contributed by atoms with E-state index in [0.29, 0.717) is 16.9 Å². The summed E-state index contributed by atoms with van der Waals surface area (Å²) in [5, 5.41) is 15.6. The first-order valence-electron chi connectivity index (χ1n) is 7.30. The van der Waals surface area contributed by atoms with Gasteiger partial charge in [0.25, 0.3) is 0 Å². The highest BCUT2D eigenvalue weighted by atomic mass is 15.6. The minimum atomic E-state index is 0.355. The van der Waals surface area contributed by atoms with Crippen molar-refractivity contribution in [3.8, 4) is 0 Å². The van der Waals surface area contributed by atoms with Gasteiger partial charge in [-0.15, -0.1) is 5.10 Å². The first-order chi connectivity index (χ1) is 8.83. The van der Waals surface area contributed by atoms with Gasteiger partial charge in [-0.1, -0.05) is 34.6 Å². The zero-order chi connectivity index (χ0) is 14.1. The molecule has 0 atom stereocenters. The van der Waals surface area contributed by atoms with Crippen molar-refractivity contribution in [1.82, 2.24) is 25.5 Å². The average molecular weight is 265 g/mol. The standard InChI is InChI=1S/C14H27N5/c1-6-15-9-12-16-17-18-19(12)11-7-13(2,3)10-14(4,5)8-11/h11,15H,6-10H2,1-5H3. The predicted octanol–water partition coefficient (Wildman–Crippen LogP) is 2.56. The Bertz CT molecular complexity index is 405. The number of hydrogen-bond acceptors (Lipinski definition) is 4. The largest absolute Gasteiger partial charge is 0.310 e. The SMILES string of the molecule is CCNCc1nnnn1C1CC(C)(C)CC(C)(C)C1. The summed E-state index contributed by atoms with van der Waals surface area (Å²) in [4.78, 5) is 0. The highest BCUT2D eigenvalue weighted by Crippen LogP contribution is 2.49. The second kappa shape index (κ2) is 5.19. The zero-order valence-corrected chi connectivity index (χ0v) is 12.9. The summed E-state index contributed by atoms with van der Waals surface area (Å²) in [5.41, 5.74) is 0.710. The normalized spacial score (nSPS) is 22.6. The smallest absolute Gasteiger partial charge is 0.165 e. The van der Waals surface area contributed by atoms with Crippen LogP contribution in [0.4, 0.5) is 0 Å². The van der Waals surface area contributed by atoms with E-state index in [4.69, 9.17) is 0 Å². The fourth-order valence-electron chi connectivity index (χ4n) is 3.81. The lowest BCUT2D eigenvalue weighted by atomic mass is 9.63. The highest BCUT2D eigenvalue weighted by Gasteiger charge is 2.40. The van der Waals surface area contributed by atoms with E-state index in [1.54, 1.807) is 0 Å². The molecule has 5 nitrogen and oxygen atoms in total. The van der Waals surface area contributed by atoms with Gasteiger partial charge in [0.1, 0.15) is 0 Å². The Balaban J connectivity index is 2.19. The molecular formula is C14H27N5. The van der Waals surface area contributed by atoms with Crippen LogP contribution in [0, 0.1) is 10.8 Å². The summed E-state index contributed by atoms with van der Waals surface area (Å²) in [5.74, 6) is 0.959. The molecule has 1 heterocycles. The van der Waals surface area contributed by atoms with E-state index >= 15 is 0 Å². The molecule has 19 heavy (non-hydrogen) atoms. The molecule has 1 fully saturated rings. The third-order valence-corrected chi connectivity index (χ3v) is 3.97. The molecule has 108 valence electrons. The third kappa shape index (κ3) is 3.53. The van der Waals surface area contributed by atoms with Gasteiger partial charge in [-0.05, 0) is 47.1 Å². The maximum absolute atomic E-state index is 4.24. The van der Waals surface area contributed by atoms with Crippen LogP contribution in [0.2, 0.25) is 0 Å². The zero-order valence-electron chi connectivity index (χ0n) is 12.9. The molecule has 0 bridgehead atoms. The van der Waals surface area contributed by atoms with Gasteiger partial charge >= 0.3 is 0 Å². The van der Waals surface area contributed by atoms with Crippen molar-refractivity contribution < 1.29 is 0 Å². The second-order valence-corrected chi connectivity index (χ2v) is 7.39. The summed E-state index contributed by atoms with van der Waals surface area (Å²) in [6.45, 7) is 13.2. The Hall–Kier alpha value is -0.970. The molecule has 0 aromatic carbocycles. The van der Waals surface area contributed by atoms with E-state index < -0.39 is 0 Å². The molecule has 0 saturated heterocycles. The quantitative estimate of drug-likeness (QED) is 0.909.